The van der Waals surface area contributed by atoms with E-state index in [4.69, 9.17) is 0 Å². The van der Waals surface area contributed by atoms with E-state index in [0.717, 1.165) is 4.57 Å². The van der Waals surface area contributed by atoms with E-state index in [1.54, 1.807) is 24.3 Å². The van der Waals surface area contributed by atoms with Gasteiger partial charge in [0.25, 0.3) is 11.5 Å². The van der Waals surface area contributed by atoms with Gasteiger partial charge in [-0.2, -0.15) is 0 Å². The Morgan fingerprint density at radius 3 is 2.48 bits per heavy atom. The Morgan fingerprint density at radius 1 is 1.14 bits per heavy atom. The number of carbonyl (C=O) groups is 1. The molecule has 110 valence electrons. The monoisotopic (exact) mass is 352 g/mol. The van der Waals surface area contributed by atoms with Gasteiger partial charge >= 0.3 is 5.69 Å². The molecule has 0 fully saturated rings. The Morgan fingerprint density at radius 2 is 1.81 bits per heavy atom. The van der Waals surface area contributed by atoms with E-state index in [2.05, 4.69) is 26.8 Å². The molecule has 2 rings (SSSR count). The molecule has 0 atom stereocenters. The lowest BCUT2D eigenvalue weighted by molar-refractivity contribution is 0.0961. The second-order valence-electron chi connectivity index (χ2n) is 4.33. The number of halogens is 1. The summed E-state index contributed by atoms with van der Waals surface area (Å²) in [4.78, 5) is 35.3. The van der Waals surface area contributed by atoms with Gasteiger partial charge in [-0.05, 0) is 28.1 Å². The third-order valence-electron chi connectivity index (χ3n) is 2.95. The number of hydrogen-bond acceptors (Lipinski definition) is 4. The summed E-state index contributed by atoms with van der Waals surface area (Å²) in [6.07, 6.45) is 0. The molecule has 0 saturated heterocycles. The average molecular weight is 353 g/mol. The minimum atomic E-state index is -0.486. The number of benzene rings is 1. The summed E-state index contributed by atoms with van der Waals surface area (Å²) in [5.74, 6) is -0.195. The van der Waals surface area contributed by atoms with Gasteiger partial charge in [0.1, 0.15) is 5.82 Å². The van der Waals surface area contributed by atoms with Gasteiger partial charge in [0.2, 0.25) is 0 Å². The Balaban J connectivity index is 2.22. The highest BCUT2D eigenvalue weighted by atomic mass is 79.9. The number of hydrazine groups is 1. The van der Waals surface area contributed by atoms with Gasteiger partial charge in [-0.25, -0.2) is 4.79 Å². The van der Waals surface area contributed by atoms with Crippen LogP contribution in [0.2, 0.25) is 0 Å². The van der Waals surface area contributed by atoms with Crippen molar-refractivity contribution in [1.29, 1.82) is 0 Å². The van der Waals surface area contributed by atoms with Crippen LogP contribution in [0, 0.1) is 0 Å². The van der Waals surface area contributed by atoms with Crippen molar-refractivity contribution in [2.75, 3.05) is 5.43 Å². The summed E-state index contributed by atoms with van der Waals surface area (Å²) >= 11 is 3.27. The predicted molar refractivity (Wildman–Crippen MR) is 82.2 cm³/mol. The maximum absolute atomic E-state index is 12.0. The largest absolute Gasteiger partial charge is 0.332 e. The van der Waals surface area contributed by atoms with Crippen molar-refractivity contribution in [3.63, 3.8) is 0 Å². The number of aromatic nitrogens is 2. The average Bonchev–Trinajstić information content (AvgIpc) is 2.47. The quantitative estimate of drug-likeness (QED) is 0.792. The van der Waals surface area contributed by atoms with Crippen molar-refractivity contribution in [3.05, 3.63) is 61.2 Å². The number of rotatable bonds is 3. The number of anilines is 1. The van der Waals surface area contributed by atoms with Crippen LogP contribution in [0.4, 0.5) is 5.82 Å². The molecule has 7 nitrogen and oxygen atoms in total. The molecule has 1 aromatic carbocycles. The molecule has 0 aliphatic rings. The molecule has 0 unspecified atom stereocenters. The van der Waals surface area contributed by atoms with E-state index < -0.39 is 17.2 Å². The topological polar surface area (TPSA) is 85.1 Å². The zero-order valence-corrected chi connectivity index (χ0v) is 13.0. The van der Waals surface area contributed by atoms with Crippen molar-refractivity contribution in [2.45, 2.75) is 0 Å². The van der Waals surface area contributed by atoms with E-state index in [1.165, 1.54) is 24.7 Å². The van der Waals surface area contributed by atoms with Gasteiger partial charge in [0.15, 0.2) is 0 Å². The van der Waals surface area contributed by atoms with Gasteiger partial charge < -0.3 is 0 Å². The van der Waals surface area contributed by atoms with Crippen molar-refractivity contribution in [1.82, 2.24) is 14.6 Å². The van der Waals surface area contributed by atoms with Crippen molar-refractivity contribution < 1.29 is 4.79 Å². The minimum Gasteiger partial charge on any atom is -0.283 e. The molecule has 1 amide bonds. The van der Waals surface area contributed by atoms with Gasteiger partial charge in [0, 0.05) is 24.6 Å². The lowest BCUT2D eigenvalue weighted by atomic mass is 10.2. The molecule has 8 heteroatoms. The van der Waals surface area contributed by atoms with Crippen LogP contribution < -0.4 is 22.1 Å². The fourth-order valence-corrected chi connectivity index (χ4v) is 2.15. The maximum atomic E-state index is 12.0. The molecule has 0 bridgehead atoms. The van der Waals surface area contributed by atoms with E-state index in [0.29, 0.717) is 10.0 Å². The van der Waals surface area contributed by atoms with Crippen molar-refractivity contribution in [2.24, 2.45) is 14.1 Å². The van der Waals surface area contributed by atoms with Crippen LogP contribution in [-0.2, 0) is 14.1 Å². The first-order chi connectivity index (χ1) is 9.91. The number of carbonyl (C=O) groups excluding carboxylic acids is 1. The zero-order chi connectivity index (χ0) is 15.6. The smallest absolute Gasteiger partial charge is 0.283 e. The van der Waals surface area contributed by atoms with Gasteiger partial charge in [-0.1, -0.05) is 12.1 Å². The zero-order valence-electron chi connectivity index (χ0n) is 11.4. The van der Waals surface area contributed by atoms with Crippen LogP contribution >= 0.6 is 15.9 Å². The second-order valence-corrected chi connectivity index (χ2v) is 5.18. The summed E-state index contributed by atoms with van der Waals surface area (Å²) in [7, 11) is 2.88. The maximum Gasteiger partial charge on any atom is 0.332 e. The number of hydrogen-bond donors (Lipinski definition) is 2. The number of nitrogens with one attached hydrogen (secondary N) is 2. The fraction of sp³-hybridized carbons (Fsp3) is 0.154. The first-order valence-corrected chi connectivity index (χ1v) is 6.79. The first kappa shape index (κ1) is 15.0. The summed E-state index contributed by atoms with van der Waals surface area (Å²) < 4.78 is 2.84. The Hall–Kier alpha value is -2.35. The summed E-state index contributed by atoms with van der Waals surface area (Å²) in [5.41, 5.74) is 4.50. The molecule has 0 radical (unpaired) electrons. The van der Waals surface area contributed by atoms with Gasteiger partial charge in [0.05, 0.1) is 5.56 Å². The molecular weight excluding hydrogens is 340 g/mol. The third kappa shape index (κ3) is 3.05. The third-order valence-corrected chi connectivity index (χ3v) is 3.64. The van der Waals surface area contributed by atoms with E-state index in [1.807, 2.05) is 0 Å². The van der Waals surface area contributed by atoms with Gasteiger partial charge in [-0.15, -0.1) is 0 Å². The molecule has 0 aliphatic carbocycles. The summed E-state index contributed by atoms with van der Waals surface area (Å²) in [6, 6.07) is 8.13. The highest BCUT2D eigenvalue weighted by Gasteiger charge is 2.10. The van der Waals surface area contributed by atoms with Gasteiger partial charge in [-0.3, -0.25) is 29.6 Å². The minimum absolute atomic E-state index is 0.198. The normalized spacial score (nSPS) is 10.2. The number of amides is 1. The van der Waals surface area contributed by atoms with Crippen LogP contribution in [0.15, 0.2) is 44.4 Å². The van der Waals surface area contributed by atoms with Crippen LogP contribution in [-0.4, -0.2) is 15.0 Å². The lowest BCUT2D eigenvalue weighted by Gasteiger charge is -2.13. The molecule has 1 aromatic heterocycles. The standard InChI is InChI=1S/C13H13BrN4O3/c1-17-10(7-11(19)18(2)13(17)21)15-16-12(20)8-5-3-4-6-9(8)14/h3-7,15H,1-2H3,(H,16,20). The van der Waals surface area contributed by atoms with Crippen LogP contribution in [0.5, 0.6) is 0 Å². The van der Waals surface area contributed by atoms with Crippen LogP contribution in [0.25, 0.3) is 0 Å². The molecule has 1 heterocycles. The summed E-state index contributed by atoms with van der Waals surface area (Å²) in [6.45, 7) is 0. The SMILES string of the molecule is Cn1c(NNC(=O)c2ccccc2Br)cc(=O)n(C)c1=O. The predicted octanol–water partition coefficient (Wildman–Crippen LogP) is 0.603. The molecule has 0 spiro atoms. The van der Waals surface area contributed by atoms with E-state index in [-0.39, 0.29) is 5.82 Å². The van der Waals surface area contributed by atoms with Crippen LogP contribution in [0.1, 0.15) is 10.4 Å². The lowest BCUT2D eigenvalue weighted by Crippen LogP contribution is -2.40. The molecule has 21 heavy (non-hydrogen) atoms. The molecule has 0 saturated carbocycles. The van der Waals surface area contributed by atoms with Crippen molar-refractivity contribution in [3.8, 4) is 0 Å². The Bertz CT molecular complexity index is 810. The fourth-order valence-electron chi connectivity index (χ4n) is 1.69. The van der Waals surface area contributed by atoms with E-state index >= 15 is 0 Å². The summed E-state index contributed by atoms with van der Waals surface area (Å²) in [5, 5.41) is 0. The molecular formula is C13H13BrN4O3. The van der Waals surface area contributed by atoms with Crippen LogP contribution in [0.3, 0.4) is 0 Å². The Kier molecular flexibility index (Phi) is 4.27. The highest BCUT2D eigenvalue weighted by Crippen LogP contribution is 2.15. The molecule has 0 aliphatic heterocycles. The number of nitrogens with zero attached hydrogens (tertiary/aromatic N) is 2. The van der Waals surface area contributed by atoms with E-state index in [9.17, 15) is 14.4 Å². The molecule has 2 aromatic rings. The van der Waals surface area contributed by atoms with Crippen molar-refractivity contribution >= 4 is 27.7 Å². The highest BCUT2D eigenvalue weighted by molar-refractivity contribution is 9.10. The molecule has 2 N–H and O–H groups in total. The first-order valence-electron chi connectivity index (χ1n) is 5.99. The second kappa shape index (κ2) is 5.96. The Labute approximate surface area is 128 Å².